The first kappa shape index (κ1) is 71.8. The predicted octanol–water partition coefficient (Wildman–Crippen LogP) is 1.51. The van der Waals surface area contributed by atoms with Crippen LogP contribution in [0.3, 0.4) is 0 Å². The summed E-state index contributed by atoms with van der Waals surface area (Å²) in [6, 6.07) is 0. The molecular formula is C36H66BaCuNiO12. The Kier molecular flexibility index (Phi) is 95.0. The number of hydrogen-bond donors (Lipinski definition) is 0. The van der Waals surface area contributed by atoms with Gasteiger partial charge in [-0.1, -0.05) is 119 Å². The number of unbranched alkanes of at least 4 members (excludes halogenated alkanes) is 12. The fourth-order valence-corrected chi connectivity index (χ4v) is 3.12. The summed E-state index contributed by atoms with van der Waals surface area (Å²) < 4.78 is 0. The van der Waals surface area contributed by atoms with E-state index in [1.165, 1.54) is 0 Å². The Labute approximate surface area is 369 Å². The number of carbonyl (C=O) groups is 6. The SMILES string of the molecule is CCCCCC(=O)[O-].CCCCCC(=O)[O-].CCCCCC(=O)[O-].CCCCCC(=O)[O-].CCCCCC(=O)[O-].CCCCCC(=O)[O-].[Ba+2].[Cu+2].[Ni+2]. The van der Waals surface area contributed by atoms with Crippen LogP contribution in [0.4, 0.5) is 0 Å². The Balaban J connectivity index is -0.0000000586. The molecule has 0 atom stereocenters. The van der Waals surface area contributed by atoms with Gasteiger partial charge in [0.15, 0.2) is 0 Å². The van der Waals surface area contributed by atoms with Gasteiger partial charge in [0, 0.05) is 35.8 Å². The minimum Gasteiger partial charge on any atom is -0.550 e. The summed E-state index contributed by atoms with van der Waals surface area (Å²) in [7, 11) is 0. The van der Waals surface area contributed by atoms with E-state index in [1.54, 1.807) is 0 Å². The van der Waals surface area contributed by atoms with Crippen molar-refractivity contribution < 1.29 is 93.0 Å². The van der Waals surface area contributed by atoms with Crippen molar-refractivity contribution in [2.45, 2.75) is 196 Å². The normalized spacial score (nSPS) is 8.59. The molecule has 0 rings (SSSR count). The molecule has 0 aromatic heterocycles. The number of aliphatic carboxylic acids is 6. The molecule has 0 heterocycles. The molecule has 0 fully saturated rings. The van der Waals surface area contributed by atoms with Gasteiger partial charge in [-0.15, -0.1) is 0 Å². The predicted molar refractivity (Wildman–Crippen MR) is 181 cm³/mol. The molecule has 51 heavy (non-hydrogen) atoms. The monoisotopic (exact) mass is 949 g/mol. The largest absolute Gasteiger partial charge is 2.00 e. The molecule has 0 saturated heterocycles. The van der Waals surface area contributed by atoms with Crippen molar-refractivity contribution >= 4 is 84.7 Å². The summed E-state index contributed by atoms with van der Waals surface area (Å²) in [4.78, 5) is 58.6. The van der Waals surface area contributed by atoms with Gasteiger partial charge in [0.05, 0.1) is 0 Å². The van der Waals surface area contributed by atoms with Gasteiger partial charge in [-0.3, -0.25) is 0 Å². The summed E-state index contributed by atoms with van der Waals surface area (Å²) in [5.41, 5.74) is 0. The van der Waals surface area contributed by atoms with E-state index in [-0.39, 0.29) is 121 Å². The summed E-state index contributed by atoms with van der Waals surface area (Å²) in [5, 5.41) is 58.6. The van der Waals surface area contributed by atoms with Gasteiger partial charge in [0.25, 0.3) is 0 Å². The second kappa shape index (κ2) is 67.5. The molecule has 0 saturated carbocycles. The molecule has 0 aromatic carbocycles. The van der Waals surface area contributed by atoms with E-state index in [2.05, 4.69) is 0 Å². The van der Waals surface area contributed by atoms with Crippen LogP contribution in [-0.2, 0) is 62.3 Å². The van der Waals surface area contributed by atoms with Crippen molar-refractivity contribution in [1.82, 2.24) is 0 Å². The van der Waals surface area contributed by atoms with E-state index < -0.39 is 35.8 Å². The minimum absolute atomic E-state index is 0. The first-order valence-corrected chi connectivity index (χ1v) is 17.8. The molecule has 0 aliphatic rings. The fourth-order valence-electron chi connectivity index (χ4n) is 3.12. The topological polar surface area (TPSA) is 241 Å². The van der Waals surface area contributed by atoms with Gasteiger partial charge < -0.3 is 59.4 Å². The first-order chi connectivity index (χ1) is 22.6. The van der Waals surface area contributed by atoms with E-state index in [1.807, 2.05) is 41.5 Å². The Morgan fingerprint density at radius 3 is 0.451 bits per heavy atom. The molecule has 12 nitrogen and oxygen atoms in total. The molecule has 15 heteroatoms. The average molecular weight is 950 g/mol. The van der Waals surface area contributed by atoms with Crippen LogP contribution in [0.15, 0.2) is 0 Å². The molecule has 0 aliphatic carbocycles. The van der Waals surface area contributed by atoms with Crippen LogP contribution in [0, 0.1) is 0 Å². The number of rotatable bonds is 24. The van der Waals surface area contributed by atoms with Crippen LogP contribution in [-0.4, -0.2) is 84.7 Å². The second-order valence-electron chi connectivity index (χ2n) is 11.0. The third kappa shape index (κ3) is 128. The van der Waals surface area contributed by atoms with Crippen LogP contribution in [0.2, 0.25) is 0 Å². The third-order valence-corrected chi connectivity index (χ3v) is 5.91. The zero-order valence-electron chi connectivity index (χ0n) is 32.2. The zero-order valence-corrected chi connectivity index (χ0v) is 38.6. The van der Waals surface area contributed by atoms with Crippen LogP contribution in [0.25, 0.3) is 0 Å². The van der Waals surface area contributed by atoms with Crippen LogP contribution >= 0.6 is 0 Å². The Morgan fingerprint density at radius 1 is 0.294 bits per heavy atom. The van der Waals surface area contributed by atoms with E-state index in [0.717, 1.165) is 116 Å². The number of carboxylic acid groups (broad SMARTS) is 6. The van der Waals surface area contributed by atoms with Gasteiger partial charge >= 0.3 is 82.4 Å². The molecule has 0 spiro atoms. The smallest absolute Gasteiger partial charge is 0.550 e. The second-order valence-corrected chi connectivity index (χ2v) is 11.0. The molecule has 0 unspecified atom stereocenters. The standard InChI is InChI=1S/6C6H12O2.Ba.Cu.Ni/c6*1-2-3-4-5-6(7)8;;;/h6*2-5H2,1H3,(H,7,8);;;/q;;;;;;3*+2/p-6. The number of carboxylic acids is 6. The average Bonchev–Trinajstić information content (AvgIpc) is 2.99. The van der Waals surface area contributed by atoms with E-state index in [9.17, 15) is 59.4 Å². The Hall–Kier alpha value is -0.596. The van der Waals surface area contributed by atoms with Gasteiger partial charge in [-0.05, 0) is 77.0 Å². The molecule has 0 N–H and O–H groups in total. The van der Waals surface area contributed by atoms with Crippen molar-refractivity contribution in [3.8, 4) is 0 Å². The summed E-state index contributed by atoms with van der Waals surface area (Å²) in [6.07, 6.45) is 18.2. The molecule has 0 bridgehead atoms. The number of hydrogen-bond acceptors (Lipinski definition) is 12. The maximum atomic E-state index is 9.76. The third-order valence-electron chi connectivity index (χ3n) is 5.91. The maximum absolute atomic E-state index is 9.76. The van der Waals surface area contributed by atoms with Gasteiger partial charge in [-0.25, -0.2) is 0 Å². The Morgan fingerprint density at radius 2 is 0.392 bits per heavy atom. The van der Waals surface area contributed by atoms with Crippen molar-refractivity contribution in [2.24, 2.45) is 0 Å². The molecule has 0 amide bonds. The summed E-state index contributed by atoms with van der Waals surface area (Å²) in [5.74, 6) is -5.59. The molecule has 0 aliphatic heterocycles. The minimum atomic E-state index is -0.932. The molecule has 0 aromatic rings. The quantitative estimate of drug-likeness (QED) is 0.0989. The molecular weight excluding hydrogens is 884 g/mol. The van der Waals surface area contributed by atoms with Crippen molar-refractivity contribution in [3.05, 3.63) is 0 Å². The van der Waals surface area contributed by atoms with Crippen LogP contribution in [0.5, 0.6) is 0 Å². The zero-order chi connectivity index (χ0) is 38.4. The van der Waals surface area contributed by atoms with Crippen LogP contribution < -0.4 is 30.6 Å². The number of carbonyl (C=O) groups excluding carboxylic acids is 6. The molecule has 305 valence electrons. The van der Waals surface area contributed by atoms with Crippen LogP contribution in [0.1, 0.15) is 196 Å². The van der Waals surface area contributed by atoms with Crippen molar-refractivity contribution in [1.29, 1.82) is 0 Å². The van der Waals surface area contributed by atoms with Crippen molar-refractivity contribution in [2.75, 3.05) is 0 Å². The molecule has 1 radical (unpaired) electrons. The van der Waals surface area contributed by atoms with Crippen molar-refractivity contribution in [3.63, 3.8) is 0 Å². The van der Waals surface area contributed by atoms with E-state index in [4.69, 9.17) is 0 Å². The van der Waals surface area contributed by atoms with E-state index >= 15 is 0 Å². The van der Waals surface area contributed by atoms with Gasteiger partial charge in [-0.2, -0.15) is 0 Å². The van der Waals surface area contributed by atoms with Gasteiger partial charge in [0.1, 0.15) is 0 Å². The Bertz CT molecular complexity index is 590. The van der Waals surface area contributed by atoms with Gasteiger partial charge in [0.2, 0.25) is 0 Å². The van der Waals surface area contributed by atoms with E-state index in [0.29, 0.717) is 0 Å². The fraction of sp³-hybridized carbons (Fsp3) is 0.833. The summed E-state index contributed by atoms with van der Waals surface area (Å²) in [6.45, 7) is 12.2. The maximum Gasteiger partial charge on any atom is 2.00 e. The first-order valence-electron chi connectivity index (χ1n) is 17.8. The summed E-state index contributed by atoms with van der Waals surface area (Å²) >= 11 is 0.